The lowest BCUT2D eigenvalue weighted by molar-refractivity contribution is 0.0946. The van der Waals surface area contributed by atoms with Gasteiger partial charge in [-0.05, 0) is 43.7 Å². The summed E-state index contributed by atoms with van der Waals surface area (Å²) < 4.78 is 0. The van der Waals surface area contributed by atoms with Gasteiger partial charge >= 0.3 is 0 Å². The zero-order valence-electron chi connectivity index (χ0n) is 13.8. The highest BCUT2D eigenvalue weighted by molar-refractivity contribution is 6.31. The molecule has 6 nitrogen and oxygen atoms in total. The lowest BCUT2D eigenvalue weighted by atomic mass is 10.0. The predicted octanol–water partition coefficient (Wildman–Crippen LogP) is 3.17. The van der Waals surface area contributed by atoms with E-state index < -0.39 is 0 Å². The summed E-state index contributed by atoms with van der Waals surface area (Å²) in [6.07, 6.45) is 3.19. The second kappa shape index (κ2) is 6.94. The summed E-state index contributed by atoms with van der Waals surface area (Å²) in [5.41, 5.74) is 2.92. The molecule has 0 fully saturated rings. The van der Waals surface area contributed by atoms with Crippen LogP contribution >= 0.6 is 11.6 Å². The molecule has 2 aromatic heterocycles. The minimum atomic E-state index is -0.298. The lowest BCUT2D eigenvalue weighted by Gasteiger charge is -2.02. The van der Waals surface area contributed by atoms with Crippen LogP contribution in [0.5, 0.6) is 0 Å². The van der Waals surface area contributed by atoms with Crippen molar-refractivity contribution in [3.8, 4) is 0 Å². The highest BCUT2D eigenvalue weighted by atomic mass is 35.5. The molecule has 25 heavy (non-hydrogen) atoms. The molecule has 0 saturated carbocycles. The van der Waals surface area contributed by atoms with Crippen LogP contribution in [0.1, 0.15) is 43.5 Å². The highest BCUT2D eigenvalue weighted by Crippen LogP contribution is 2.18. The zero-order valence-corrected chi connectivity index (χ0v) is 14.6. The van der Waals surface area contributed by atoms with Gasteiger partial charge in [0.15, 0.2) is 5.78 Å². The summed E-state index contributed by atoms with van der Waals surface area (Å²) in [6, 6.07) is 6.70. The van der Waals surface area contributed by atoms with Crippen LogP contribution in [0.3, 0.4) is 0 Å². The second-order valence-electron chi connectivity index (χ2n) is 5.82. The third-order valence-electron chi connectivity index (χ3n) is 3.69. The number of hydrogen-bond acceptors (Lipinski definition) is 3. The van der Waals surface area contributed by atoms with Gasteiger partial charge in [0.25, 0.3) is 5.91 Å². The van der Waals surface area contributed by atoms with Crippen molar-refractivity contribution in [3.63, 3.8) is 0 Å². The SMILES string of the molecule is Cc1cc(Cl)cc(C(=O)c2c[nH]c(C(=O)NCc3cnc(C)[nH]3)c2)c1. The molecule has 1 aromatic carbocycles. The fourth-order valence-corrected chi connectivity index (χ4v) is 2.81. The maximum Gasteiger partial charge on any atom is 0.268 e. The smallest absolute Gasteiger partial charge is 0.268 e. The van der Waals surface area contributed by atoms with Crippen molar-refractivity contribution in [3.05, 3.63) is 75.6 Å². The number of ketones is 1. The van der Waals surface area contributed by atoms with Crippen LogP contribution < -0.4 is 5.32 Å². The summed E-state index contributed by atoms with van der Waals surface area (Å²) in [4.78, 5) is 34.7. The molecule has 0 aliphatic rings. The Morgan fingerprint density at radius 3 is 2.64 bits per heavy atom. The molecule has 0 aliphatic heterocycles. The third kappa shape index (κ3) is 3.97. The van der Waals surface area contributed by atoms with Crippen LogP contribution in [-0.4, -0.2) is 26.6 Å². The summed E-state index contributed by atoms with van der Waals surface area (Å²) in [5.74, 6) is 0.299. The fourth-order valence-electron chi connectivity index (χ4n) is 2.52. The number of nitrogens with zero attached hydrogens (tertiary/aromatic N) is 1. The van der Waals surface area contributed by atoms with Crippen molar-refractivity contribution in [2.45, 2.75) is 20.4 Å². The first-order chi connectivity index (χ1) is 11.9. The van der Waals surface area contributed by atoms with Gasteiger partial charge < -0.3 is 15.3 Å². The van der Waals surface area contributed by atoms with Crippen molar-refractivity contribution >= 4 is 23.3 Å². The average molecular weight is 357 g/mol. The monoisotopic (exact) mass is 356 g/mol. The number of nitrogens with one attached hydrogen (secondary N) is 3. The molecule has 0 unspecified atom stereocenters. The summed E-state index contributed by atoms with van der Waals surface area (Å²) in [7, 11) is 0. The van der Waals surface area contributed by atoms with Crippen molar-refractivity contribution in [1.82, 2.24) is 20.3 Å². The number of aryl methyl sites for hydroxylation is 2. The van der Waals surface area contributed by atoms with Gasteiger partial charge in [-0.2, -0.15) is 0 Å². The molecule has 0 saturated heterocycles. The summed E-state index contributed by atoms with van der Waals surface area (Å²) in [6.45, 7) is 4.04. The number of imidazole rings is 1. The van der Waals surface area contributed by atoms with E-state index in [1.807, 2.05) is 13.8 Å². The van der Waals surface area contributed by atoms with Gasteiger partial charge in [-0.3, -0.25) is 9.59 Å². The van der Waals surface area contributed by atoms with Crippen molar-refractivity contribution in [2.75, 3.05) is 0 Å². The fraction of sp³-hybridized carbons (Fsp3) is 0.167. The third-order valence-corrected chi connectivity index (χ3v) is 3.91. The van der Waals surface area contributed by atoms with E-state index in [1.165, 1.54) is 12.3 Å². The molecule has 0 spiro atoms. The Morgan fingerprint density at radius 1 is 1.16 bits per heavy atom. The van der Waals surface area contributed by atoms with Crippen molar-refractivity contribution in [2.24, 2.45) is 0 Å². The number of hydrogen-bond donors (Lipinski definition) is 3. The van der Waals surface area contributed by atoms with Gasteiger partial charge in [-0.1, -0.05) is 11.6 Å². The second-order valence-corrected chi connectivity index (χ2v) is 6.26. The van der Waals surface area contributed by atoms with Crippen LogP contribution in [0.2, 0.25) is 5.02 Å². The van der Waals surface area contributed by atoms with E-state index in [2.05, 4.69) is 20.3 Å². The van der Waals surface area contributed by atoms with E-state index in [9.17, 15) is 9.59 Å². The average Bonchev–Trinajstić information content (AvgIpc) is 3.20. The summed E-state index contributed by atoms with van der Waals surface area (Å²) in [5, 5.41) is 3.27. The Labute approximate surface area is 149 Å². The minimum absolute atomic E-state index is 0.190. The molecule has 3 N–H and O–H groups in total. The van der Waals surface area contributed by atoms with Crippen LogP contribution in [0.25, 0.3) is 0 Å². The molecule has 3 aromatic rings. The van der Waals surface area contributed by atoms with Gasteiger partial charge in [0.2, 0.25) is 0 Å². The van der Waals surface area contributed by atoms with Gasteiger partial charge in [-0.15, -0.1) is 0 Å². The number of benzene rings is 1. The largest absolute Gasteiger partial charge is 0.356 e. The van der Waals surface area contributed by atoms with E-state index in [0.717, 1.165) is 17.1 Å². The number of aromatic nitrogens is 3. The molecule has 1 amide bonds. The standard InChI is InChI=1S/C18H17ClN4O2/c1-10-3-12(5-14(19)4-10)17(24)13-6-16(21-7-13)18(25)22-9-15-8-20-11(2)23-15/h3-8,21H,9H2,1-2H3,(H,20,23)(H,22,25). The number of carbonyl (C=O) groups excluding carboxylic acids is 2. The molecular formula is C18H17ClN4O2. The van der Waals surface area contributed by atoms with E-state index in [0.29, 0.717) is 28.4 Å². The van der Waals surface area contributed by atoms with Crippen molar-refractivity contribution < 1.29 is 9.59 Å². The quantitative estimate of drug-likeness (QED) is 0.613. The Morgan fingerprint density at radius 2 is 1.96 bits per heavy atom. The molecule has 0 bridgehead atoms. The Kier molecular flexibility index (Phi) is 4.72. The van der Waals surface area contributed by atoms with E-state index in [1.54, 1.807) is 24.4 Å². The topological polar surface area (TPSA) is 90.6 Å². The molecule has 0 atom stereocenters. The van der Waals surface area contributed by atoms with E-state index in [4.69, 9.17) is 11.6 Å². The number of aromatic amines is 2. The first-order valence-electron chi connectivity index (χ1n) is 7.71. The maximum atomic E-state index is 12.5. The predicted molar refractivity (Wildman–Crippen MR) is 94.9 cm³/mol. The van der Waals surface area contributed by atoms with Crippen LogP contribution in [0.4, 0.5) is 0 Å². The van der Waals surface area contributed by atoms with Gasteiger partial charge in [0.1, 0.15) is 11.5 Å². The molecule has 3 rings (SSSR count). The van der Waals surface area contributed by atoms with Crippen LogP contribution in [-0.2, 0) is 6.54 Å². The summed E-state index contributed by atoms with van der Waals surface area (Å²) >= 11 is 6.01. The number of amides is 1. The van der Waals surface area contributed by atoms with Crippen molar-refractivity contribution in [1.29, 1.82) is 0 Å². The van der Waals surface area contributed by atoms with E-state index >= 15 is 0 Å². The van der Waals surface area contributed by atoms with E-state index in [-0.39, 0.29) is 11.7 Å². The maximum absolute atomic E-state index is 12.5. The Balaban J connectivity index is 1.70. The Bertz CT molecular complexity index is 922. The normalized spacial score (nSPS) is 10.7. The molecular weight excluding hydrogens is 340 g/mol. The molecule has 0 radical (unpaired) electrons. The Hall–Kier alpha value is -2.86. The number of carbonyl (C=O) groups is 2. The molecule has 0 aliphatic carbocycles. The molecule has 7 heteroatoms. The van der Waals surface area contributed by atoms with Gasteiger partial charge in [0, 0.05) is 22.3 Å². The molecule has 2 heterocycles. The number of halogens is 1. The minimum Gasteiger partial charge on any atom is -0.356 e. The zero-order chi connectivity index (χ0) is 18.0. The lowest BCUT2D eigenvalue weighted by Crippen LogP contribution is -2.23. The highest BCUT2D eigenvalue weighted by Gasteiger charge is 2.15. The molecule has 128 valence electrons. The first-order valence-corrected chi connectivity index (χ1v) is 8.09. The van der Waals surface area contributed by atoms with Gasteiger partial charge in [0.05, 0.1) is 18.4 Å². The van der Waals surface area contributed by atoms with Crippen LogP contribution in [0.15, 0.2) is 36.7 Å². The number of H-pyrrole nitrogens is 2. The van der Waals surface area contributed by atoms with Gasteiger partial charge in [-0.25, -0.2) is 4.98 Å². The van der Waals surface area contributed by atoms with Crippen LogP contribution in [0, 0.1) is 13.8 Å². The first kappa shape index (κ1) is 17.0. The number of rotatable bonds is 5.